The highest BCUT2D eigenvalue weighted by Crippen LogP contribution is 2.24. The monoisotopic (exact) mass is 413 g/mol. The average molecular weight is 413 g/mol. The van der Waals surface area contributed by atoms with Crippen LogP contribution < -0.4 is 16.0 Å². The molecule has 0 spiro atoms. The lowest BCUT2D eigenvalue weighted by Gasteiger charge is -2.14. The molecule has 1 atom stereocenters. The smallest absolute Gasteiger partial charge is 0.424 e. The Balaban J connectivity index is 1.49. The maximum atomic E-state index is 12.2. The molecule has 1 saturated heterocycles. The molecular weight excluding hydrogens is 394 g/mol. The molecule has 0 bridgehead atoms. The van der Waals surface area contributed by atoms with Gasteiger partial charge in [-0.1, -0.05) is 12.1 Å². The Bertz CT molecular complexity index is 1110. The summed E-state index contributed by atoms with van der Waals surface area (Å²) in [5, 5.41) is 3.21. The number of amides is 1. The molecule has 1 aromatic heterocycles. The van der Waals surface area contributed by atoms with Crippen molar-refractivity contribution >= 4 is 40.3 Å². The van der Waals surface area contributed by atoms with Crippen molar-refractivity contribution in [1.29, 1.82) is 0 Å². The second kappa shape index (κ2) is 7.96. The second-order valence-electron chi connectivity index (χ2n) is 6.41. The first-order valence-corrected chi connectivity index (χ1v) is 9.57. The number of para-hydroxylation sites is 2. The van der Waals surface area contributed by atoms with Crippen molar-refractivity contribution in [2.75, 3.05) is 24.6 Å². The van der Waals surface area contributed by atoms with Crippen molar-refractivity contribution in [2.45, 2.75) is 13.0 Å². The van der Waals surface area contributed by atoms with Crippen LogP contribution >= 0.6 is 12.2 Å². The molecule has 1 unspecified atom stereocenters. The lowest BCUT2D eigenvalue weighted by atomic mass is 10.2. The predicted molar refractivity (Wildman–Crippen MR) is 112 cm³/mol. The van der Waals surface area contributed by atoms with Crippen LogP contribution in [0, 0.1) is 0 Å². The molecule has 3 aromatic rings. The van der Waals surface area contributed by atoms with Gasteiger partial charge >= 0.3 is 11.8 Å². The third-order valence-electron chi connectivity index (χ3n) is 4.53. The third kappa shape index (κ3) is 3.81. The van der Waals surface area contributed by atoms with Gasteiger partial charge in [-0.05, 0) is 55.5 Å². The van der Waals surface area contributed by atoms with E-state index in [0.717, 1.165) is 0 Å². The number of hydrogen-bond donors (Lipinski definition) is 1. The number of nitrogens with zero attached hydrogens (tertiary/aromatic N) is 2. The summed E-state index contributed by atoms with van der Waals surface area (Å²) in [5.74, 6) is -0.462. The Morgan fingerprint density at radius 3 is 2.66 bits per heavy atom. The Morgan fingerprint density at radius 1 is 1.17 bits per heavy atom. The van der Waals surface area contributed by atoms with Crippen LogP contribution in [0.3, 0.4) is 0 Å². The van der Waals surface area contributed by atoms with E-state index in [1.807, 2.05) is 25.1 Å². The van der Waals surface area contributed by atoms with Crippen molar-refractivity contribution in [3.8, 4) is 5.69 Å². The molecule has 1 fully saturated rings. The van der Waals surface area contributed by atoms with E-state index in [9.17, 15) is 9.59 Å². The van der Waals surface area contributed by atoms with Crippen molar-refractivity contribution in [3.05, 3.63) is 59.1 Å². The van der Waals surface area contributed by atoms with Crippen LogP contribution in [0.15, 0.2) is 57.7 Å². The van der Waals surface area contributed by atoms with Gasteiger partial charge in [-0.2, -0.15) is 0 Å². The number of thiocarbonyl (C=S) groups is 1. The number of hydrogen-bond acceptors (Lipinski definition) is 6. The Labute approximate surface area is 171 Å². The molecule has 1 aliphatic rings. The molecule has 0 saturated carbocycles. The Morgan fingerprint density at radius 2 is 1.90 bits per heavy atom. The van der Waals surface area contributed by atoms with Crippen LogP contribution in [-0.2, 0) is 9.47 Å². The maximum absolute atomic E-state index is 12.2. The van der Waals surface area contributed by atoms with Gasteiger partial charge < -0.3 is 19.2 Å². The van der Waals surface area contributed by atoms with E-state index in [2.05, 4.69) is 5.32 Å². The van der Waals surface area contributed by atoms with Gasteiger partial charge in [0.25, 0.3) is 5.17 Å². The van der Waals surface area contributed by atoms with Gasteiger partial charge in [0.15, 0.2) is 5.58 Å². The zero-order valence-electron chi connectivity index (χ0n) is 15.7. The van der Waals surface area contributed by atoms with Gasteiger partial charge in [-0.25, -0.2) is 14.2 Å². The second-order valence-corrected chi connectivity index (χ2v) is 6.78. The quantitative estimate of drug-likeness (QED) is 0.644. The predicted octanol–water partition coefficient (Wildman–Crippen LogP) is 2.82. The van der Waals surface area contributed by atoms with Crippen LogP contribution in [0.5, 0.6) is 0 Å². The summed E-state index contributed by atoms with van der Waals surface area (Å²) in [6.45, 7) is 3.07. The number of carbonyl (C=O) groups excluding carboxylic acids is 1. The summed E-state index contributed by atoms with van der Waals surface area (Å²) in [6, 6.07) is 14.3. The van der Waals surface area contributed by atoms with Crippen molar-refractivity contribution in [1.82, 2.24) is 9.88 Å². The number of oxazole rings is 1. The normalized spacial score (nSPS) is 16.1. The number of anilines is 1. The van der Waals surface area contributed by atoms with E-state index in [1.54, 1.807) is 30.3 Å². The highest BCUT2D eigenvalue weighted by atomic mass is 32.1. The number of ether oxygens (including phenoxy) is 2. The fourth-order valence-electron chi connectivity index (χ4n) is 3.21. The van der Waals surface area contributed by atoms with E-state index in [0.29, 0.717) is 42.2 Å². The van der Waals surface area contributed by atoms with Gasteiger partial charge in [0, 0.05) is 5.69 Å². The molecule has 8 nitrogen and oxygen atoms in total. The minimum absolute atomic E-state index is 0.282. The zero-order chi connectivity index (χ0) is 20.4. The molecule has 2 aromatic carbocycles. The summed E-state index contributed by atoms with van der Waals surface area (Å²) in [4.78, 5) is 26.0. The SMILES string of the molecule is CCOC(=S)NCC1CN(c2ccc(-n3c(=O)oc4ccccc43)cc2)C(=O)O1. The van der Waals surface area contributed by atoms with Crippen LogP contribution in [0.25, 0.3) is 16.8 Å². The van der Waals surface area contributed by atoms with E-state index in [1.165, 1.54) is 9.47 Å². The molecule has 4 rings (SSSR count). The number of fused-ring (bicyclic) bond motifs is 1. The van der Waals surface area contributed by atoms with Gasteiger partial charge in [0.2, 0.25) is 0 Å². The van der Waals surface area contributed by atoms with Gasteiger partial charge in [0.1, 0.15) is 6.10 Å². The number of carbonyl (C=O) groups is 1. The molecule has 1 N–H and O–H groups in total. The first kappa shape index (κ1) is 19.0. The summed E-state index contributed by atoms with van der Waals surface area (Å²) in [5.41, 5.74) is 2.53. The standard InChI is InChI=1S/C20H19N3O5S/c1-2-26-18(29)21-11-15-12-22(19(24)27-15)13-7-9-14(10-8-13)23-16-5-3-4-6-17(16)28-20(23)25/h3-10,15H,2,11-12H2,1H3,(H,21,29). The number of aromatic nitrogens is 1. The van der Waals surface area contributed by atoms with Crippen molar-refractivity contribution < 1.29 is 18.7 Å². The topological polar surface area (TPSA) is 85.9 Å². The van der Waals surface area contributed by atoms with Gasteiger partial charge in [0.05, 0.1) is 30.9 Å². The van der Waals surface area contributed by atoms with Crippen LogP contribution in [0.4, 0.5) is 10.5 Å². The molecule has 1 amide bonds. The highest BCUT2D eigenvalue weighted by molar-refractivity contribution is 7.80. The lowest BCUT2D eigenvalue weighted by Crippen LogP contribution is -2.34. The summed E-state index contributed by atoms with van der Waals surface area (Å²) in [6.07, 6.45) is -0.779. The number of cyclic esters (lactones) is 1. The Hall–Kier alpha value is -3.33. The third-order valence-corrected chi connectivity index (χ3v) is 4.79. The minimum Gasteiger partial charge on any atom is -0.471 e. The Kier molecular flexibility index (Phi) is 5.22. The van der Waals surface area contributed by atoms with Crippen LogP contribution in [0.2, 0.25) is 0 Å². The molecule has 1 aliphatic heterocycles. The van der Waals surface area contributed by atoms with Crippen LogP contribution in [-0.4, -0.2) is 41.6 Å². The molecule has 9 heteroatoms. The number of rotatable bonds is 5. The molecule has 0 radical (unpaired) electrons. The fourth-order valence-corrected chi connectivity index (χ4v) is 3.41. The van der Waals surface area contributed by atoms with E-state index in [-0.39, 0.29) is 11.3 Å². The average Bonchev–Trinajstić information content (AvgIpc) is 3.25. The maximum Gasteiger partial charge on any atom is 0.424 e. The van der Waals surface area contributed by atoms with Gasteiger partial charge in [-0.15, -0.1) is 0 Å². The summed E-state index contributed by atoms with van der Waals surface area (Å²) >= 11 is 5.01. The van der Waals surface area contributed by atoms with Crippen molar-refractivity contribution in [3.63, 3.8) is 0 Å². The summed E-state index contributed by atoms with van der Waals surface area (Å²) in [7, 11) is 0. The largest absolute Gasteiger partial charge is 0.471 e. The molecule has 0 aliphatic carbocycles. The molecule has 150 valence electrons. The van der Waals surface area contributed by atoms with E-state index in [4.69, 9.17) is 26.1 Å². The minimum atomic E-state index is -0.462. The lowest BCUT2D eigenvalue weighted by molar-refractivity contribution is 0.141. The zero-order valence-corrected chi connectivity index (χ0v) is 16.5. The number of benzene rings is 2. The number of nitrogens with one attached hydrogen (secondary N) is 1. The summed E-state index contributed by atoms with van der Waals surface area (Å²) < 4.78 is 17.3. The molecule has 29 heavy (non-hydrogen) atoms. The fraction of sp³-hybridized carbons (Fsp3) is 0.250. The first-order chi connectivity index (χ1) is 14.1. The van der Waals surface area contributed by atoms with E-state index < -0.39 is 11.8 Å². The van der Waals surface area contributed by atoms with Gasteiger partial charge in [-0.3, -0.25) is 4.90 Å². The highest BCUT2D eigenvalue weighted by Gasteiger charge is 2.32. The van der Waals surface area contributed by atoms with Crippen LogP contribution in [0.1, 0.15) is 6.92 Å². The molecule has 2 heterocycles. The molecular formula is C20H19N3O5S. The van der Waals surface area contributed by atoms with Crippen molar-refractivity contribution in [2.24, 2.45) is 0 Å². The van der Waals surface area contributed by atoms with E-state index >= 15 is 0 Å². The first-order valence-electron chi connectivity index (χ1n) is 9.16.